The molecule has 0 saturated carbocycles. The second-order valence-corrected chi connectivity index (χ2v) is 7.86. The van der Waals surface area contributed by atoms with Crippen molar-refractivity contribution in [2.45, 2.75) is 12.4 Å². The fourth-order valence-corrected chi connectivity index (χ4v) is 4.09. The van der Waals surface area contributed by atoms with Crippen molar-refractivity contribution in [3.63, 3.8) is 0 Å². The summed E-state index contributed by atoms with van der Waals surface area (Å²) < 4.78 is 89.5. The van der Waals surface area contributed by atoms with E-state index in [1.165, 1.54) is 6.07 Å². The Bertz CT molecular complexity index is 1780. The summed E-state index contributed by atoms with van der Waals surface area (Å²) in [6, 6.07) is 17.9. The number of para-hydroxylation sites is 2. The van der Waals surface area contributed by atoms with Crippen molar-refractivity contribution in [3.05, 3.63) is 82.7 Å². The van der Waals surface area contributed by atoms with Gasteiger partial charge in [0.25, 0.3) is 5.78 Å². The van der Waals surface area contributed by atoms with Crippen molar-refractivity contribution in [1.82, 2.24) is 4.57 Å². The van der Waals surface area contributed by atoms with E-state index in [0.717, 1.165) is 6.07 Å². The van der Waals surface area contributed by atoms with Gasteiger partial charge in [0, 0.05) is 22.5 Å². The number of fused-ring (bicyclic) bond motifs is 4. The summed E-state index contributed by atoms with van der Waals surface area (Å²) in [5, 5.41) is 0.245. The Morgan fingerprint density at radius 1 is 0.757 bits per heavy atom. The predicted molar refractivity (Wildman–Crippen MR) is 119 cm³/mol. The number of ketones is 1. The summed E-state index contributed by atoms with van der Waals surface area (Å²) in [4.78, 5) is 36.1. The average molecular weight is 519 g/mol. The number of aromatic nitrogens is 1. The smallest absolute Gasteiger partial charge is 0.422 e. The van der Waals surface area contributed by atoms with Gasteiger partial charge in [0.05, 0.1) is 16.4 Å². The van der Waals surface area contributed by atoms with E-state index >= 15 is 0 Å². The molecule has 2 heterocycles. The number of nitrogens with zero attached hydrogens (tertiary/aromatic N) is 1. The minimum atomic E-state index is -5.67. The van der Waals surface area contributed by atoms with Crippen molar-refractivity contribution >= 4 is 44.5 Å². The average Bonchev–Trinajstić information content (AvgIpc) is 3.15. The minimum absolute atomic E-state index is 0.315. The maximum atomic E-state index is 13.2. The molecule has 0 aliphatic heterocycles. The van der Waals surface area contributed by atoms with Crippen LogP contribution in [0.25, 0.3) is 38.5 Å². The molecule has 0 amide bonds. The van der Waals surface area contributed by atoms with Gasteiger partial charge in [-0.25, -0.2) is 9.59 Å². The Morgan fingerprint density at radius 2 is 1.41 bits per heavy atom. The quantitative estimate of drug-likeness (QED) is 0.125. The molecule has 188 valence electrons. The third-order valence-electron chi connectivity index (χ3n) is 5.58. The fraction of sp³-hybridized carbons (Fsp3) is 0.0800. The Morgan fingerprint density at radius 3 is 2.05 bits per heavy atom. The van der Waals surface area contributed by atoms with E-state index in [1.54, 1.807) is 59.2 Å². The summed E-state index contributed by atoms with van der Waals surface area (Å²) in [7, 11) is 0. The molecule has 0 N–H and O–H groups in total. The fourth-order valence-electron chi connectivity index (χ4n) is 4.09. The van der Waals surface area contributed by atoms with Crippen molar-refractivity contribution < 1.29 is 45.1 Å². The Balaban J connectivity index is 1.92. The van der Waals surface area contributed by atoms with Crippen LogP contribution in [-0.4, -0.2) is 28.7 Å². The van der Waals surface area contributed by atoms with Crippen LogP contribution >= 0.6 is 0 Å². The lowest BCUT2D eigenvalue weighted by Gasteiger charge is -2.14. The van der Waals surface area contributed by atoms with E-state index in [1.807, 2.05) is 0 Å². The van der Waals surface area contributed by atoms with Gasteiger partial charge in [-0.05, 0) is 24.3 Å². The number of rotatable bonds is 3. The molecule has 3 aromatic carbocycles. The molecule has 5 rings (SSSR count). The third kappa shape index (κ3) is 3.99. The summed E-state index contributed by atoms with van der Waals surface area (Å²) in [6.45, 7) is 0. The highest BCUT2D eigenvalue weighted by molar-refractivity contribution is 6.15. The van der Waals surface area contributed by atoms with Gasteiger partial charge in [-0.2, -0.15) is 26.3 Å². The number of Topliss-reactive ketones (excluding diaryl/α,β-unsaturated/α-hetero) is 1. The molecule has 0 saturated heterocycles. The van der Waals surface area contributed by atoms with Gasteiger partial charge in [-0.1, -0.05) is 36.4 Å². The first-order valence-corrected chi connectivity index (χ1v) is 10.4. The number of hydrogen-bond acceptors (Lipinski definition) is 5. The number of carbonyl (C=O) groups excluding carboxylic acids is 2. The van der Waals surface area contributed by atoms with E-state index < -0.39 is 52.0 Å². The monoisotopic (exact) mass is 519 g/mol. The Labute approximate surface area is 201 Å². The highest BCUT2D eigenvalue weighted by atomic mass is 19.4. The molecule has 2 aromatic heterocycles. The molecular formula is C25H11F6NO5. The van der Waals surface area contributed by atoms with Crippen LogP contribution in [0.4, 0.5) is 26.3 Å². The predicted octanol–water partition coefficient (Wildman–Crippen LogP) is 6.10. The molecule has 0 radical (unpaired) electrons. The van der Waals surface area contributed by atoms with Crippen molar-refractivity contribution in [3.8, 4) is 11.4 Å². The molecule has 0 aliphatic rings. The Kier molecular flexibility index (Phi) is 5.35. The lowest BCUT2D eigenvalue weighted by molar-refractivity contribution is -0.189. The second-order valence-electron chi connectivity index (χ2n) is 7.86. The number of hydrogen-bond donors (Lipinski definition) is 0. The van der Waals surface area contributed by atoms with E-state index in [4.69, 9.17) is 4.42 Å². The number of carbonyl (C=O) groups is 2. The largest absolute Gasteiger partial charge is 0.491 e. The summed E-state index contributed by atoms with van der Waals surface area (Å²) in [6.07, 6.45) is -11.3. The number of benzene rings is 3. The van der Waals surface area contributed by atoms with Crippen LogP contribution in [0.15, 0.2) is 75.9 Å². The standard InChI is InChI=1S/C25H11F6NO5/c26-24(27,28)21(33)19-20(37-23(35)25(29,30)31)15-10-14-13-8-4-5-9-16(13)32(12-6-2-1-3-7-12)17(14)11-18(15)36-22(19)34/h1-11H. The van der Waals surface area contributed by atoms with Crippen LogP contribution in [0.2, 0.25) is 0 Å². The summed E-state index contributed by atoms with van der Waals surface area (Å²) in [5.74, 6) is -7.23. The van der Waals surface area contributed by atoms with Gasteiger partial charge in [0.1, 0.15) is 5.58 Å². The molecule has 6 nitrogen and oxygen atoms in total. The van der Waals surface area contributed by atoms with E-state index in [9.17, 15) is 40.7 Å². The van der Waals surface area contributed by atoms with Gasteiger partial charge < -0.3 is 13.7 Å². The van der Waals surface area contributed by atoms with Crippen LogP contribution < -0.4 is 10.4 Å². The number of ether oxygens (including phenoxy) is 1. The van der Waals surface area contributed by atoms with Crippen LogP contribution in [0, 0.1) is 0 Å². The third-order valence-corrected chi connectivity index (χ3v) is 5.58. The zero-order chi connectivity index (χ0) is 26.7. The summed E-state index contributed by atoms with van der Waals surface area (Å²) >= 11 is 0. The van der Waals surface area contributed by atoms with Gasteiger partial charge in [-0.3, -0.25) is 4.79 Å². The molecule has 0 bridgehead atoms. The number of halogens is 6. The molecule has 37 heavy (non-hydrogen) atoms. The zero-order valence-corrected chi connectivity index (χ0v) is 18.1. The van der Waals surface area contributed by atoms with Crippen LogP contribution in [-0.2, 0) is 4.79 Å². The minimum Gasteiger partial charge on any atom is -0.422 e. The van der Waals surface area contributed by atoms with E-state index in [2.05, 4.69) is 4.74 Å². The molecule has 0 aliphatic carbocycles. The molecule has 0 atom stereocenters. The molecule has 12 heteroatoms. The maximum absolute atomic E-state index is 13.2. The zero-order valence-electron chi connectivity index (χ0n) is 18.1. The van der Waals surface area contributed by atoms with Crippen LogP contribution in [0.3, 0.4) is 0 Å². The maximum Gasteiger partial charge on any atom is 0.491 e. The lowest BCUT2D eigenvalue weighted by atomic mass is 10.1. The number of alkyl halides is 6. The molecule has 0 fully saturated rings. The highest BCUT2D eigenvalue weighted by Gasteiger charge is 2.47. The second kappa shape index (κ2) is 8.22. The van der Waals surface area contributed by atoms with Gasteiger partial charge >= 0.3 is 23.9 Å². The van der Waals surface area contributed by atoms with Crippen LogP contribution in [0.5, 0.6) is 5.75 Å². The van der Waals surface area contributed by atoms with Crippen molar-refractivity contribution in [2.75, 3.05) is 0 Å². The van der Waals surface area contributed by atoms with E-state index in [0.29, 0.717) is 27.5 Å². The molecule has 0 spiro atoms. The molecular weight excluding hydrogens is 508 g/mol. The van der Waals surface area contributed by atoms with Crippen molar-refractivity contribution in [1.29, 1.82) is 0 Å². The van der Waals surface area contributed by atoms with Crippen molar-refractivity contribution in [2.24, 2.45) is 0 Å². The number of esters is 1. The lowest BCUT2D eigenvalue weighted by Crippen LogP contribution is -2.32. The first-order chi connectivity index (χ1) is 17.4. The Hall–Kier alpha value is -4.61. The van der Waals surface area contributed by atoms with Gasteiger partial charge in [0.2, 0.25) is 0 Å². The van der Waals surface area contributed by atoms with Crippen LogP contribution in [0.1, 0.15) is 10.4 Å². The molecule has 0 unspecified atom stereocenters. The normalized spacial score (nSPS) is 12.4. The summed E-state index contributed by atoms with van der Waals surface area (Å²) in [5.41, 5.74) is -2.64. The SMILES string of the molecule is O=C(Oc1c(C(=O)C(F)(F)F)c(=O)oc2cc3c(cc12)c1ccccc1n3-c1ccccc1)C(F)(F)F. The van der Waals surface area contributed by atoms with Gasteiger partial charge in [-0.15, -0.1) is 0 Å². The highest BCUT2D eigenvalue weighted by Crippen LogP contribution is 2.39. The van der Waals surface area contributed by atoms with E-state index in [-0.39, 0.29) is 0 Å². The molecule has 5 aromatic rings. The first kappa shape index (κ1) is 24.1. The first-order valence-electron chi connectivity index (χ1n) is 10.4. The topological polar surface area (TPSA) is 78.5 Å². The van der Waals surface area contributed by atoms with Gasteiger partial charge in [0.15, 0.2) is 11.3 Å².